The molecule has 8 heteroatoms. The van der Waals surface area contributed by atoms with E-state index in [1.807, 2.05) is 13.8 Å². The molecule has 0 aliphatic rings. The molecule has 0 saturated carbocycles. The van der Waals surface area contributed by atoms with Crippen molar-refractivity contribution in [1.82, 2.24) is 14.9 Å². The zero-order valence-corrected chi connectivity index (χ0v) is 16.8. The third kappa shape index (κ3) is 4.12. The molecule has 3 aromatic rings. The predicted octanol–water partition coefficient (Wildman–Crippen LogP) is 2.57. The Morgan fingerprint density at radius 3 is 2.61 bits per heavy atom. The Bertz CT molecular complexity index is 1080. The van der Waals surface area contributed by atoms with Gasteiger partial charge in [-0.1, -0.05) is 12.1 Å². The van der Waals surface area contributed by atoms with Gasteiger partial charge in [0.2, 0.25) is 5.91 Å². The standard InChI is InChI=1S/C20H21N3O4S/c1-12-13(2)28-18-17(12)19(25)23(11-22-18)9-8-16(24)21-10-14-4-6-15(7-5-14)20(26)27-3/h4-7,11H,8-10H2,1-3H3,(H,21,24). The molecule has 1 aromatic carbocycles. The number of amides is 1. The number of fused-ring (bicyclic) bond motifs is 1. The van der Waals surface area contributed by atoms with Gasteiger partial charge < -0.3 is 10.1 Å². The summed E-state index contributed by atoms with van der Waals surface area (Å²) in [4.78, 5) is 42.3. The van der Waals surface area contributed by atoms with Crippen LogP contribution in [0, 0.1) is 13.8 Å². The average molecular weight is 399 g/mol. The molecule has 0 fully saturated rings. The number of hydrogen-bond donors (Lipinski definition) is 1. The van der Waals surface area contributed by atoms with E-state index in [4.69, 9.17) is 0 Å². The van der Waals surface area contributed by atoms with Crippen LogP contribution < -0.4 is 10.9 Å². The molecule has 3 rings (SSSR count). The Labute approximate surface area is 166 Å². The third-order valence-corrected chi connectivity index (χ3v) is 5.72. The fourth-order valence-electron chi connectivity index (χ4n) is 2.82. The maximum absolute atomic E-state index is 12.6. The number of esters is 1. The molecule has 0 unspecified atom stereocenters. The molecular weight excluding hydrogens is 378 g/mol. The fraction of sp³-hybridized carbons (Fsp3) is 0.300. The highest BCUT2D eigenvalue weighted by Crippen LogP contribution is 2.25. The van der Waals surface area contributed by atoms with Gasteiger partial charge in [-0.15, -0.1) is 11.3 Å². The van der Waals surface area contributed by atoms with E-state index in [2.05, 4.69) is 15.0 Å². The zero-order chi connectivity index (χ0) is 20.3. The largest absolute Gasteiger partial charge is 0.465 e. The van der Waals surface area contributed by atoms with Crippen molar-refractivity contribution in [3.05, 3.63) is 62.5 Å². The Morgan fingerprint density at radius 1 is 1.21 bits per heavy atom. The van der Waals surface area contributed by atoms with Gasteiger partial charge in [0.25, 0.3) is 5.56 Å². The van der Waals surface area contributed by atoms with Crippen LogP contribution in [0.1, 0.15) is 32.8 Å². The molecule has 0 radical (unpaired) electrons. The van der Waals surface area contributed by atoms with Crippen LogP contribution in [0.25, 0.3) is 10.2 Å². The summed E-state index contributed by atoms with van der Waals surface area (Å²) < 4.78 is 6.13. The highest BCUT2D eigenvalue weighted by atomic mass is 32.1. The van der Waals surface area contributed by atoms with Gasteiger partial charge in [-0.25, -0.2) is 9.78 Å². The Kier molecular flexibility index (Phi) is 5.89. The highest BCUT2D eigenvalue weighted by Gasteiger charge is 2.13. The van der Waals surface area contributed by atoms with E-state index in [0.29, 0.717) is 17.5 Å². The monoisotopic (exact) mass is 399 g/mol. The van der Waals surface area contributed by atoms with Crippen molar-refractivity contribution in [2.24, 2.45) is 0 Å². The molecule has 0 atom stereocenters. The number of ether oxygens (including phenoxy) is 1. The van der Waals surface area contributed by atoms with Gasteiger partial charge in [-0.05, 0) is 37.1 Å². The van der Waals surface area contributed by atoms with E-state index in [-0.39, 0.29) is 24.4 Å². The van der Waals surface area contributed by atoms with Crippen molar-refractivity contribution < 1.29 is 14.3 Å². The molecule has 7 nitrogen and oxygen atoms in total. The number of carbonyl (C=O) groups excluding carboxylic acids is 2. The van der Waals surface area contributed by atoms with Crippen LogP contribution in [0.3, 0.4) is 0 Å². The molecule has 0 aliphatic carbocycles. The summed E-state index contributed by atoms with van der Waals surface area (Å²) in [6.45, 7) is 4.49. The SMILES string of the molecule is COC(=O)c1ccc(CNC(=O)CCn2cnc3sc(C)c(C)c3c2=O)cc1. The molecule has 0 spiro atoms. The third-order valence-electron chi connectivity index (χ3n) is 4.60. The summed E-state index contributed by atoms with van der Waals surface area (Å²) in [6, 6.07) is 6.82. The quantitative estimate of drug-likeness (QED) is 0.644. The smallest absolute Gasteiger partial charge is 0.337 e. The second kappa shape index (κ2) is 8.35. The first-order valence-corrected chi connectivity index (χ1v) is 9.61. The van der Waals surface area contributed by atoms with Gasteiger partial charge in [0.15, 0.2) is 0 Å². The number of nitrogens with zero attached hydrogens (tertiary/aromatic N) is 2. The first kappa shape index (κ1) is 19.8. The summed E-state index contributed by atoms with van der Waals surface area (Å²) in [5.74, 6) is -0.565. The summed E-state index contributed by atoms with van der Waals surface area (Å²) >= 11 is 1.50. The minimum atomic E-state index is -0.400. The van der Waals surface area contributed by atoms with Crippen molar-refractivity contribution in [2.75, 3.05) is 7.11 Å². The Hall–Kier alpha value is -3.00. The Morgan fingerprint density at radius 2 is 1.93 bits per heavy atom. The number of thiophene rings is 1. The van der Waals surface area contributed by atoms with Crippen molar-refractivity contribution in [2.45, 2.75) is 33.4 Å². The molecule has 0 bridgehead atoms. The normalized spacial score (nSPS) is 10.8. The van der Waals surface area contributed by atoms with Gasteiger partial charge >= 0.3 is 5.97 Å². The lowest BCUT2D eigenvalue weighted by Crippen LogP contribution is -2.27. The van der Waals surface area contributed by atoms with Gasteiger partial charge in [0.05, 0.1) is 24.4 Å². The van der Waals surface area contributed by atoms with Crippen LogP contribution >= 0.6 is 11.3 Å². The molecule has 28 heavy (non-hydrogen) atoms. The highest BCUT2D eigenvalue weighted by molar-refractivity contribution is 7.18. The average Bonchev–Trinajstić information content (AvgIpc) is 3.00. The van der Waals surface area contributed by atoms with Crippen LogP contribution in [0.5, 0.6) is 0 Å². The Balaban J connectivity index is 1.58. The van der Waals surface area contributed by atoms with Crippen molar-refractivity contribution in [3.8, 4) is 0 Å². The van der Waals surface area contributed by atoms with Gasteiger partial charge in [0, 0.05) is 24.4 Å². The fourth-order valence-corrected chi connectivity index (χ4v) is 3.80. The van der Waals surface area contributed by atoms with E-state index in [1.54, 1.807) is 24.3 Å². The van der Waals surface area contributed by atoms with Crippen molar-refractivity contribution in [1.29, 1.82) is 0 Å². The first-order valence-electron chi connectivity index (χ1n) is 8.79. The maximum atomic E-state index is 12.6. The number of carbonyl (C=O) groups is 2. The van der Waals surface area contributed by atoms with Crippen LogP contribution in [-0.2, 0) is 22.6 Å². The molecule has 1 amide bonds. The van der Waals surface area contributed by atoms with E-state index in [1.165, 1.54) is 29.3 Å². The van der Waals surface area contributed by atoms with Gasteiger partial charge in [-0.2, -0.15) is 0 Å². The van der Waals surface area contributed by atoms with E-state index in [0.717, 1.165) is 20.8 Å². The number of benzene rings is 1. The van der Waals surface area contributed by atoms with E-state index >= 15 is 0 Å². The molecule has 146 valence electrons. The zero-order valence-electron chi connectivity index (χ0n) is 15.9. The van der Waals surface area contributed by atoms with Crippen molar-refractivity contribution in [3.63, 3.8) is 0 Å². The summed E-state index contributed by atoms with van der Waals surface area (Å²) in [6.07, 6.45) is 1.67. The topological polar surface area (TPSA) is 90.3 Å². The number of rotatable bonds is 6. The van der Waals surface area contributed by atoms with E-state index in [9.17, 15) is 14.4 Å². The number of hydrogen-bond acceptors (Lipinski definition) is 6. The second-order valence-corrected chi connectivity index (χ2v) is 7.62. The molecule has 2 heterocycles. The van der Waals surface area contributed by atoms with Crippen LogP contribution in [-0.4, -0.2) is 28.5 Å². The number of methoxy groups -OCH3 is 1. The lowest BCUT2D eigenvalue weighted by molar-refractivity contribution is -0.121. The van der Waals surface area contributed by atoms with E-state index < -0.39 is 5.97 Å². The van der Waals surface area contributed by atoms with Gasteiger partial charge in [-0.3, -0.25) is 14.2 Å². The van der Waals surface area contributed by atoms with Gasteiger partial charge in [0.1, 0.15) is 4.83 Å². The number of nitrogens with one attached hydrogen (secondary N) is 1. The molecule has 0 aliphatic heterocycles. The van der Waals surface area contributed by atoms with Crippen LogP contribution in [0.15, 0.2) is 35.4 Å². The van der Waals surface area contributed by atoms with Crippen LogP contribution in [0.4, 0.5) is 0 Å². The molecule has 0 saturated heterocycles. The lowest BCUT2D eigenvalue weighted by Gasteiger charge is -2.08. The number of aryl methyl sites for hydroxylation is 3. The second-order valence-electron chi connectivity index (χ2n) is 6.42. The minimum Gasteiger partial charge on any atom is -0.465 e. The van der Waals surface area contributed by atoms with Crippen molar-refractivity contribution >= 4 is 33.4 Å². The number of aromatic nitrogens is 2. The molecule has 2 aromatic heterocycles. The minimum absolute atomic E-state index is 0.113. The summed E-state index contributed by atoms with van der Waals surface area (Å²) in [5.41, 5.74) is 2.16. The maximum Gasteiger partial charge on any atom is 0.337 e. The lowest BCUT2D eigenvalue weighted by atomic mass is 10.1. The van der Waals surface area contributed by atoms with Crippen LogP contribution in [0.2, 0.25) is 0 Å². The summed E-state index contributed by atoms with van der Waals surface area (Å²) in [5, 5.41) is 3.45. The molecular formula is C20H21N3O4S. The molecule has 1 N–H and O–H groups in total. The predicted molar refractivity (Wildman–Crippen MR) is 108 cm³/mol. The summed E-state index contributed by atoms with van der Waals surface area (Å²) in [7, 11) is 1.33. The first-order chi connectivity index (χ1) is 13.4.